The average molecular weight is 1240 g/mol. The van der Waals surface area contributed by atoms with Gasteiger partial charge in [-0.1, -0.05) is 156 Å². The van der Waals surface area contributed by atoms with Gasteiger partial charge in [-0.05, 0) is 185 Å². The molecular weight excluding hydrogens is 1110 g/mol. The molecule has 1 N–H and O–H groups in total. The lowest BCUT2D eigenvalue weighted by atomic mass is 9.80. The fraction of sp³-hybridized carbons (Fsp3) is 0.919. The molecule has 0 atom stereocenters. The van der Waals surface area contributed by atoms with Crippen LogP contribution in [0.15, 0.2) is 0 Å². The fourth-order valence-corrected chi connectivity index (χ4v) is 14.3. The van der Waals surface area contributed by atoms with Gasteiger partial charge in [0.05, 0.1) is 35.5 Å². The third kappa shape index (κ3) is 35.0. The summed E-state index contributed by atoms with van der Waals surface area (Å²) in [5, 5.41) is 9.34. The van der Waals surface area contributed by atoms with Crippen LogP contribution >= 0.6 is 0 Å². The summed E-state index contributed by atoms with van der Waals surface area (Å²) < 4.78 is 35.2. The first-order chi connectivity index (χ1) is 42.9. The number of esters is 6. The number of aliphatic hydroxyl groups is 1. The molecule has 14 heteroatoms. The number of unbranched alkanes of at least 4 members (excludes halogenated alkanes) is 15. The first-order valence-corrected chi connectivity index (χ1v) is 37.3. The second-order valence-electron chi connectivity index (χ2n) is 28.1. The van der Waals surface area contributed by atoms with Crippen molar-refractivity contribution < 1.29 is 62.3 Å². The Morgan fingerprint density at radius 3 is 0.830 bits per heavy atom. The van der Waals surface area contributed by atoms with E-state index in [4.69, 9.17) is 28.4 Å². The first kappa shape index (κ1) is 77.2. The molecule has 4 fully saturated rings. The van der Waals surface area contributed by atoms with Crippen LogP contribution in [-0.2, 0) is 57.2 Å². The highest BCUT2D eigenvalue weighted by Gasteiger charge is 2.33. The van der Waals surface area contributed by atoms with Gasteiger partial charge in [-0.25, -0.2) is 0 Å². The van der Waals surface area contributed by atoms with Crippen LogP contribution in [0.3, 0.4) is 0 Å². The summed E-state index contributed by atoms with van der Waals surface area (Å²) in [6.45, 7) is 12.1. The van der Waals surface area contributed by atoms with Crippen LogP contribution in [0.4, 0.5) is 0 Å². The van der Waals surface area contributed by atoms with Gasteiger partial charge in [0.1, 0.15) is 39.6 Å². The second-order valence-corrected chi connectivity index (χ2v) is 28.1. The van der Waals surface area contributed by atoms with E-state index in [-0.39, 0.29) is 119 Å². The largest absolute Gasteiger partial charge is 0.465 e. The molecule has 0 radical (unpaired) electrons. The lowest BCUT2D eigenvalue weighted by molar-refractivity contribution is -0.161. The van der Waals surface area contributed by atoms with Crippen molar-refractivity contribution in [1.29, 1.82) is 0 Å². The standard InChI is InChI=1S/C74H131NO13/c1-5-9-17-27-59-33-41-65(42-34-59)71(79)85-55-63(56-86-72(80)66-43-35-60(36-44-66)28-18-10-6-2)53-83-69(77)31-21-15-24-50-75(49-23-13-14-26-52-76)51-25-16-22-32-70(78)84-54-64(57-87-73(81)67-45-37-61(38-46-67)29-19-11-7-3)58-88-74(82)68-47-39-62(40-48-68)30-20-12-8-4/h59-68,76H,5-58H2,1-4H3. The Labute approximate surface area is 536 Å². The van der Waals surface area contributed by atoms with Crippen LogP contribution in [0.1, 0.15) is 310 Å². The molecule has 510 valence electrons. The normalized spacial score (nSPS) is 23.0. The van der Waals surface area contributed by atoms with Gasteiger partial charge in [-0.3, -0.25) is 28.8 Å². The first-order valence-electron chi connectivity index (χ1n) is 37.3. The molecule has 4 rings (SSSR count). The second kappa shape index (κ2) is 49.4. The van der Waals surface area contributed by atoms with E-state index in [0.717, 1.165) is 174 Å². The Kier molecular flexibility index (Phi) is 43.3. The Morgan fingerprint density at radius 2 is 0.568 bits per heavy atom. The number of ether oxygens (including phenoxy) is 6. The summed E-state index contributed by atoms with van der Waals surface area (Å²) in [5.41, 5.74) is 0. The molecule has 0 spiro atoms. The number of nitrogens with zero attached hydrogens (tertiary/aromatic N) is 1. The minimum absolute atomic E-state index is 0.0321. The maximum Gasteiger partial charge on any atom is 0.308 e. The molecule has 4 aliphatic rings. The van der Waals surface area contributed by atoms with Gasteiger partial charge >= 0.3 is 35.8 Å². The molecule has 0 saturated heterocycles. The van der Waals surface area contributed by atoms with E-state index in [1.807, 2.05) is 0 Å². The van der Waals surface area contributed by atoms with E-state index in [1.54, 1.807) is 0 Å². The highest BCUT2D eigenvalue weighted by Crippen LogP contribution is 2.37. The summed E-state index contributed by atoms with van der Waals surface area (Å²) in [6.07, 6.45) is 44.5. The van der Waals surface area contributed by atoms with Crippen LogP contribution in [0.5, 0.6) is 0 Å². The van der Waals surface area contributed by atoms with Gasteiger partial charge in [-0.15, -0.1) is 0 Å². The zero-order chi connectivity index (χ0) is 63.2. The van der Waals surface area contributed by atoms with Crippen molar-refractivity contribution >= 4 is 35.8 Å². The van der Waals surface area contributed by atoms with Crippen molar-refractivity contribution in [2.24, 2.45) is 59.2 Å². The molecule has 0 amide bonds. The van der Waals surface area contributed by atoms with Crippen molar-refractivity contribution in [3.05, 3.63) is 0 Å². The summed E-state index contributed by atoms with van der Waals surface area (Å²) in [4.78, 5) is 82.1. The van der Waals surface area contributed by atoms with E-state index in [1.165, 1.54) is 103 Å². The number of hydrogen-bond donors (Lipinski definition) is 1. The Balaban J connectivity index is 1.18. The van der Waals surface area contributed by atoms with Gasteiger partial charge < -0.3 is 38.4 Å². The quantitative estimate of drug-likeness (QED) is 0.0345. The minimum Gasteiger partial charge on any atom is -0.465 e. The van der Waals surface area contributed by atoms with Crippen molar-refractivity contribution in [2.75, 3.05) is 65.9 Å². The Hall–Kier alpha value is -3.26. The predicted molar refractivity (Wildman–Crippen MR) is 350 cm³/mol. The SMILES string of the molecule is CCCCCC1CCC(C(=O)OCC(COC(=O)CCCCCN(CCCCCCO)CCCCCC(=O)OCC(COC(=O)C2CCC(CCCCC)CC2)COC(=O)C2CCC(CCCCC)CC2)COC(=O)C2CCC(CCCCC)CC2)CC1. The third-order valence-corrected chi connectivity index (χ3v) is 20.5. The zero-order valence-electron chi connectivity index (χ0n) is 56.8. The number of carbonyl (C=O) groups excluding carboxylic acids is 6. The molecule has 0 aliphatic heterocycles. The molecule has 0 unspecified atom stereocenters. The van der Waals surface area contributed by atoms with E-state index in [9.17, 15) is 33.9 Å². The monoisotopic (exact) mass is 1240 g/mol. The maximum atomic E-state index is 13.3. The highest BCUT2D eigenvalue weighted by atomic mass is 16.6. The van der Waals surface area contributed by atoms with Crippen LogP contribution < -0.4 is 0 Å². The minimum atomic E-state index is -0.430. The number of aliphatic hydroxyl groups excluding tert-OH is 1. The molecule has 4 aliphatic carbocycles. The van der Waals surface area contributed by atoms with Crippen molar-refractivity contribution in [3.63, 3.8) is 0 Å². The van der Waals surface area contributed by atoms with E-state index in [2.05, 4.69) is 32.6 Å². The fourth-order valence-electron chi connectivity index (χ4n) is 14.3. The Bertz CT molecular complexity index is 1600. The molecule has 0 heterocycles. The molecular formula is C74H131NO13. The summed E-state index contributed by atoms with van der Waals surface area (Å²) in [6, 6.07) is 0. The van der Waals surface area contributed by atoms with Crippen LogP contribution in [0.2, 0.25) is 0 Å². The molecule has 88 heavy (non-hydrogen) atoms. The zero-order valence-corrected chi connectivity index (χ0v) is 56.8. The lowest BCUT2D eigenvalue weighted by Crippen LogP contribution is -2.31. The number of hydrogen-bond acceptors (Lipinski definition) is 14. The highest BCUT2D eigenvalue weighted by molar-refractivity contribution is 5.74. The molecule has 0 aromatic rings. The topological polar surface area (TPSA) is 181 Å². The van der Waals surface area contributed by atoms with Gasteiger partial charge in [0.15, 0.2) is 0 Å². The van der Waals surface area contributed by atoms with E-state index < -0.39 is 11.8 Å². The molecule has 0 aromatic heterocycles. The summed E-state index contributed by atoms with van der Waals surface area (Å²) >= 11 is 0. The van der Waals surface area contributed by atoms with Gasteiger partial charge in [0.2, 0.25) is 0 Å². The molecule has 14 nitrogen and oxygen atoms in total. The molecule has 4 saturated carbocycles. The molecule has 0 aromatic carbocycles. The van der Waals surface area contributed by atoms with E-state index >= 15 is 0 Å². The van der Waals surface area contributed by atoms with Crippen molar-refractivity contribution in [1.82, 2.24) is 4.90 Å². The lowest BCUT2D eigenvalue weighted by Gasteiger charge is -2.28. The third-order valence-electron chi connectivity index (χ3n) is 20.5. The molecule has 0 bridgehead atoms. The maximum absolute atomic E-state index is 13.3. The van der Waals surface area contributed by atoms with Crippen LogP contribution in [0.25, 0.3) is 0 Å². The van der Waals surface area contributed by atoms with Crippen LogP contribution in [-0.4, -0.2) is 112 Å². The van der Waals surface area contributed by atoms with Crippen molar-refractivity contribution in [2.45, 2.75) is 310 Å². The Morgan fingerprint density at radius 1 is 0.318 bits per heavy atom. The summed E-state index contributed by atoms with van der Waals surface area (Å²) in [5.74, 6) is 0.0904. The predicted octanol–water partition coefficient (Wildman–Crippen LogP) is 17.0. The van der Waals surface area contributed by atoms with Crippen LogP contribution in [0, 0.1) is 59.2 Å². The van der Waals surface area contributed by atoms with Crippen molar-refractivity contribution in [3.8, 4) is 0 Å². The van der Waals surface area contributed by atoms with Gasteiger partial charge in [0, 0.05) is 19.4 Å². The smallest absolute Gasteiger partial charge is 0.308 e. The van der Waals surface area contributed by atoms with E-state index in [0.29, 0.717) is 36.5 Å². The summed E-state index contributed by atoms with van der Waals surface area (Å²) in [7, 11) is 0. The number of rotatable bonds is 50. The number of carbonyl (C=O) groups is 6. The van der Waals surface area contributed by atoms with Gasteiger partial charge in [0.25, 0.3) is 0 Å². The average Bonchev–Trinajstić information content (AvgIpc) is 3.70. The van der Waals surface area contributed by atoms with Gasteiger partial charge in [-0.2, -0.15) is 0 Å².